The minimum atomic E-state index is 0.338. The van der Waals surface area contributed by atoms with Crippen LogP contribution in [-0.2, 0) is 0 Å². The van der Waals surface area contributed by atoms with E-state index < -0.39 is 0 Å². The summed E-state index contributed by atoms with van der Waals surface area (Å²) < 4.78 is 0. The lowest BCUT2D eigenvalue weighted by molar-refractivity contribution is 0.691. The summed E-state index contributed by atoms with van der Waals surface area (Å²) in [5.74, 6) is 0.699. The fourth-order valence-electron chi connectivity index (χ4n) is 2.19. The molecule has 2 nitrogen and oxygen atoms in total. The van der Waals surface area contributed by atoms with Crippen molar-refractivity contribution >= 4 is 28.6 Å². The van der Waals surface area contributed by atoms with Crippen molar-refractivity contribution in [2.45, 2.75) is 18.9 Å². The Hall–Kier alpha value is -1.50. The van der Waals surface area contributed by atoms with Gasteiger partial charge in [-0.05, 0) is 48.4 Å². The number of nitriles is 1. The number of thiophene rings is 1. The van der Waals surface area contributed by atoms with Crippen LogP contribution in [0.2, 0.25) is 5.02 Å². The number of hydrogen-bond acceptors (Lipinski definition) is 3. The summed E-state index contributed by atoms with van der Waals surface area (Å²) in [5, 5.41) is 15.1. The average molecular weight is 289 g/mol. The molecule has 1 atom stereocenters. The first-order valence-electron chi connectivity index (χ1n) is 6.27. The molecule has 0 spiro atoms. The second kappa shape index (κ2) is 5.24. The van der Waals surface area contributed by atoms with Gasteiger partial charge in [-0.15, -0.1) is 11.3 Å². The number of hydrogen-bond donors (Lipinski definition) is 1. The van der Waals surface area contributed by atoms with Crippen molar-refractivity contribution in [2.75, 3.05) is 5.32 Å². The lowest BCUT2D eigenvalue weighted by atomic mass is 10.1. The third-order valence-electron chi connectivity index (χ3n) is 3.35. The minimum Gasteiger partial charge on any atom is -0.376 e. The van der Waals surface area contributed by atoms with Crippen LogP contribution in [0.15, 0.2) is 35.7 Å². The highest BCUT2D eigenvalue weighted by Gasteiger charge is 2.33. The van der Waals surface area contributed by atoms with Gasteiger partial charge in [-0.2, -0.15) is 5.26 Å². The van der Waals surface area contributed by atoms with Gasteiger partial charge < -0.3 is 5.32 Å². The number of nitrogens with zero attached hydrogens (tertiary/aromatic N) is 1. The predicted molar refractivity (Wildman–Crippen MR) is 79.6 cm³/mol. The standard InChI is InChI=1S/C15H13ClN2S/c16-12-8-10(9-17)3-6-13(12)18-15(11-4-5-11)14-2-1-7-19-14/h1-3,6-8,11,15,18H,4-5H2. The zero-order valence-electron chi connectivity index (χ0n) is 10.3. The molecule has 1 heterocycles. The van der Waals surface area contributed by atoms with E-state index in [1.165, 1.54) is 17.7 Å². The van der Waals surface area contributed by atoms with E-state index in [-0.39, 0.29) is 0 Å². The summed E-state index contributed by atoms with van der Waals surface area (Å²) in [7, 11) is 0. The zero-order chi connectivity index (χ0) is 13.2. The van der Waals surface area contributed by atoms with E-state index in [1.54, 1.807) is 23.5 Å². The van der Waals surface area contributed by atoms with Gasteiger partial charge in [0.25, 0.3) is 0 Å². The van der Waals surface area contributed by atoms with Crippen molar-refractivity contribution < 1.29 is 0 Å². The van der Waals surface area contributed by atoms with Crippen LogP contribution in [0.3, 0.4) is 0 Å². The summed E-state index contributed by atoms with van der Waals surface area (Å²) in [6.45, 7) is 0. The van der Waals surface area contributed by atoms with Gasteiger partial charge in [0, 0.05) is 4.88 Å². The third-order valence-corrected chi connectivity index (χ3v) is 4.62. The molecular formula is C15H13ClN2S. The van der Waals surface area contributed by atoms with E-state index in [1.807, 2.05) is 6.07 Å². The predicted octanol–water partition coefficient (Wildman–Crippen LogP) is 4.84. The monoisotopic (exact) mass is 288 g/mol. The van der Waals surface area contributed by atoms with Crippen molar-refractivity contribution in [1.82, 2.24) is 0 Å². The summed E-state index contributed by atoms with van der Waals surface area (Å²) in [4.78, 5) is 1.35. The Kier molecular flexibility index (Phi) is 3.46. The lowest BCUT2D eigenvalue weighted by Gasteiger charge is -2.19. The highest BCUT2D eigenvalue weighted by molar-refractivity contribution is 7.10. The van der Waals surface area contributed by atoms with Gasteiger partial charge in [0.2, 0.25) is 0 Å². The Labute approximate surface area is 121 Å². The van der Waals surface area contributed by atoms with Crippen LogP contribution in [0, 0.1) is 17.2 Å². The molecule has 2 aromatic rings. The molecular weight excluding hydrogens is 276 g/mol. The molecule has 1 saturated carbocycles. The fourth-order valence-corrected chi connectivity index (χ4v) is 3.29. The van der Waals surface area contributed by atoms with Crippen LogP contribution in [0.1, 0.15) is 29.3 Å². The topological polar surface area (TPSA) is 35.8 Å². The fraction of sp³-hybridized carbons (Fsp3) is 0.267. The Morgan fingerprint density at radius 2 is 2.21 bits per heavy atom. The van der Waals surface area contributed by atoms with Gasteiger partial charge in [0.15, 0.2) is 0 Å². The number of nitrogens with one attached hydrogen (secondary N) is 1. The summed E-state index contributed by atoms with van der Waals surface area (Å²) in [5.41, 5.74) is 1.50. The first kappa shape index (κ1) is 12.5. The number of anilines is 1. The van der Waals surface area contributed by atoms with Crippen LogP contribution in [0.25, 0.3) is 0 Å². The molecule has 1 N–H and O–H groups in total. The third kappa shape index (κ3) is 2.75. The Balaban J connectivity index is 1.85. The van der Waals surface area contributed by atoms with Gasteiger partial charge in [0.05, 0.1) is 28.4 Å². The number of halogens is 1. The van der Waals surface area contributed by atoms with E-state index in [0.29, 0.717) is 22.5 Å². The maximum absolute atomic E-state index is 8.86. The van der Waals surface area contributed by atoms with Crippen molar-refractivity contribution in [2.24, 2.45) is 5.92 Å². The van der Waals surface area contributed by atoms with Crippen molar-refractivity contribution in [3.8, 4) is 6.07 Å². The smallest absolute Gasteiger partial charge is 0.0992 e. The van der Waals surface area contributed by atoms with Crippen LogP contribution in [-0.4, -0.2) is 0 Å². The molecule has 3 rings (SSSR count). The highest BCUT2D eigenvalue weighted by Crippen LogP contribution is 2.44. The summed E-state index contributed by atoms with van der Waals surface area (Å²) in [6, 6.07) is 12.1. The van der Waals surface area contributed by atoms with Crippen molar-refractivity contribution in [3.63, 3.8) is 0 Å². The molecule has 0 amide bonds. The van der Waals surface area contributed by atoms with E-state index >= 15 is 0 Å². The molecule has 1 unspecified atom stereocenters. The quantitative estimate of drug-likeness (QED) is 0.874. The maximum Gasteiger partial charge on any atom is 0.0992 e. The van der Waals surface area contributed by atoms with Crippen LogP contribution in [0.5, 0.6) is 0 Å². The van der Waals surface area contributed by atoms with E-state index in [4.69, 9.17) is 16.9 Å². The minimum absolute atomic E-state index is 0.338. The first-order chi connectivity index (χ1) is 9.28. The Morgan fingerprint density at radius 1 is 1.37 bits per heavy atom. The normalized spacial score (nSPS) is 15.8. The zero-order valence-corrected chi connectivity index (χ0v) is 11.8. The first-order valence-corrected chi connectivity index (χ1v) is 7.53. The van der Waals surface area contributed by atoms with E-state index in [2.05, 4.69) is 28.9 Å². The maximum atomic E-state index is 8.86. The molecule has 1 aromatic carbocycles. The largest absolute Gasteiger partial charge is 0.376 e. The van der Waals surface area contributed by atoms with E-state index in [0.717, 1.165) is 5.69 Å². The van der Waals surface area contributed by atoms with Gasteiger partial charge in [-0.1, -0.05) is 17.7 Å². The molecule has 4 heteroatoms. The molecule has 0 aliphatic heterocycles. The Morgan fingerprint density at radius 3 is 2.79 bits per heavy atom. The van der Waals surface area contributed by atoms with Crippen LogP contribution in [0.4, 0.5) is 5.69 Å². The molecule has 1 aromatic heterocycles. The highest BCUT2D eigenvalue weighted by atomic mass is 35.5. The van der Waals surface area contributed by atoms with Gasteiger partial charge in [-0.3, -0.25) is 0 Å². The molecule has 1 fully saturated rings. The number of rotatable bonds is 4. The summed E-state index contributed by atoms with van der Waals surface area (Å²) in [6.07, 6.45) is 2.53. The molecule has 0 bridgehead atoms. The molecule has 0 radical (unpaired) electrons. The summed E-state index contributed by atoms with van der Waals surface area (Å²) >= 11 is 8.00. The second-order valence-corrected chi connectivity index (χ2v) is 6.17. The Bertz CT molecular complexity index is 612. The molecule has 96 valence electrons. The lowest BCUT2D eigenvalue weighted by Crippen LogP contribution is -2.11. The SMILES string of the molecule is N#Cc1ccc(NC(c2cccs2)C2CC2)c(Cl)c1. The van der Waals surface area contributed by atoms with Gasteiger partial charge in [0.1, 0.15) is 0 Å². The number of benzene rings is 1. The van der Waals surface area contributed by atoms with Gasteiger partial charge >= 0.3 is 0 Å². The van der Waals surface area contributed by atoms with Gasteiger partial charge in [-0.25, -0.2) is 0 Å². The second-order valence-electron chi connectivity index (χ2n) is 4.78. The molecule has 1 aliphatic rings. The van der Waals surface area contributed by atoms with Crippen LogP contribution >= 0.6 is 22.9 Å². The average Bonchev–Trinajstić information content (AvgIpc) is 3.11. The molecule has 0 saturated heterocycles. The van der Waals surface area contributed by atoms with Crippen LogP contribution < -0.4 is 5.32 Å². The molecule has 19 heavy (non-hydrogen) atoms. The van der Waals surface area contributed by atoms with Crippen molar-refractivity contribution in [1.29, 1.82) is 5.26 Å². The van der Waals surface area contributed by atoms with E-state index in [9.17, 15) is 0 Å². The van der Waals surface area contributed by atoms with Crippen molar-refractivity contribution in [3.05, 3.63) is 51.2 Å². The molecule has 1 aliphatic carbocycles.